The van der Waals surface area contributed by atoms with Gasteiger partial charge in [-0.3, -0.25) is 14.8 Å². The summed E-state index contributed by atoms with van der Waals surface area (Å²) in [6.45, 7) is 2.02. The second kappa shape index (κ2) is 6.16. The molecule has 3 heterocycles. The van der Waals surface area contributed by atoms with E-state index in [0.717, 1.165) is 22.4 Å². The van der Waals surface area contributed by atoms with E-state index in [-0.39, 0.29) is 5.56 Å². The van der Waals surface area contributed by atoms with E-state index in [9.17, 15) is 4.79 Å². The van der Waals surface area contributed by atoms with Crippen LogP contribution in [-0.2, 0) is 0 Å². The zero-order chi connectivity index (χ0) is 17.2. The summed E-state index contributed by atoms with van der Waals surface area (Å²) in [4.78, 5) is 28.2. The van der Waals surface area contributed by atoms with Crippen molar-refractivity contribution < 1.29 is 0 Å². The second-order valence-corrected chi connectivity index (χ2v) is 5.70. The number of pyridine rings is 2. The van der Waals surface area contributed by atoms with Gasteiger partial charge in [0.15, 0.2) is 5.65 Å². The van der Waals surface area contributed by atoms with Crippen molar-refractivity contribution in [1.82, 2.24) is 19.9 Å². The fourth-order valence-electron chi connectivity index (χ4n) is 2.66. The van der Waals surface area contributed by atoms with E-state index in [1.165, 1.54) is 0 Å². The molecule has 0 saturated heterocycles. The van der Waals surface area contributed by atoms with Crippen LogP contribution < -0.4 is 10.9 Å². The van der Waals surface area contributed by atoms with Gasteiger partial charge in [-0.2, -0.15) is 4.98 Å². The fourth-order valence-corrected chi connectivity index (χ4v) is 2.66. The number of rotatable bonds is 3. The van der Waals surface area contributed by atoms with Crippen LogP contribution in [0.5, 0.6) is 0 Å². The minimum Gasteiger partial charge on any atom is -0.326 e. The Morgan fingerprint density at radius 3 is 2.64 bits per heavy atom. The number of H-pyrrole nitrogens is 1. The normalized spacial score (nSPS) is 10.8. The highest BCUT2D eigenvalue weighted by Crippen LogP contribution is 2.24. The maximum Gasteiger partial charge on any atom is 0.262 e. The van der Waals surface area contributed by atoms with Crippen LogP contribution in [0, 0.1) is 6.92 Å². The van der Waals surface area contributed by atoms with Crippen LogP contribution in [0.25, 0.3) is 22.2 Å². The Balaban J connectivity index is 1.81. The zero-order valence-electron chi connectivity index (χ0n) is 13.5. The van der Waals surface area contributed by atoms with Crippen molar-refractivity contribution in [2.45, 2.75) is 6.92 Å². The molecule has 0 fully saturated rings. The highest BCUT2D eigenvalue weighted by Gasteiger charge is 2.11. The molecule has 4 aromatic rings. The first-order valence-corrected chi connectivity index (χ1v) is 7.84. The molecule has 6 heteroatoms. The molecule has 0 aliphatic heterocycles. The van der Waals surface area contributed by atoms with Gasteiger partial charge in [-0.15, -0.1) is 0 Å². The van der Waals surface area contributed by atoms with E-state index in [1.54, 1.807) is 24.7 Å². The summed E-state index contributed by atoms with van der Waals surface area (Å²) in [5.41, 5.74) is 3.76. The lowest BCUT2D eigenvalue weighted by molar-refractivity contribution is 1.14. The topological polar surface area (TPSA) is 83.6 Å². The molecule has 122 valence electrons. The Hall–Kier alpha value is -3.54. The summed E-state index contributed by atoms with van der Waals surface area (Å²) in [6, 6.07) is 13.4. The standard InChI is InChI=1S/C19H15N5O/c1-12-4-6-14(7-5-12)22-19-23-17-16(18(25)24-19)15(8-10-21-17)13-3-2-9-20-11-13/h2-11H,1H3,(H2,21,22,23,24,25). The lowest BCUT2D eigenvalue weighted by Crippen LogP contribution is -2.13. The smallest absolute Gasteiger partial charge is 0.262 e. The Kier molecular flexibility index (Phi) is 3.70. The maximum absolute atomic E-state index is 12.6. The van der Waals surface area contributed by atoms with Crippen molar-refractivity contribution in [2.75, 3.05) is 5.32 Å². The summed E-state index contributed by atoms with van der Waals surface area (Å²) in [7, 11) is 0. The summed E-state index contributed by atoms with van der Waals surface area (Å²) >= 11 is 0. The number of hydrogen-bond donors (Lipinski definition) is 2. The molecule has 0 atom stereocenters. The first-order chi connectivity index (χ1) is 12.2. The largest absolute Gasteiger partial charge is 0.326 e. The molecular weight excluding hydrogens is 314 g/mol. The average molecular weight is 329 g/mol. The number of nitrogens with one attached hydrogen (secondary N) is 2. The van der Waals surface area contributed by atoms with Gasteiger partial charge in [-0.05, 0) is 31.2 Å². The fraction of sp³-hybridized carbons (Fsp3) is 0.0526. The van der Waals surface area contributed by atoms with Crippen LogP contribution >= 0.6 is 0 Å². The highest BCUT2D eigenvalue weighted by molar-refractivity contribution is 5.91. The molecule has 0 aliphatic carbocycles. The minimum atomic E-state index is -0.244. The van der Waals surface area contributed by atoms with E-state index in [0.29, 0.717) is 17.0 Å². The molecular formula is C19H15N5O. The first kappa shape index (κ1) is 15.0. The molecule has 0 amide bonds. The number of aromatic amines is 1. The van der Waals surface area contributed by atoms with E-state index in [1.807, 2.05) is 43.3 Å². The number of nitrogens with zero attached hydrogens (tertiary/aromatic N) is 3. The lowest BCUT2D eigenvalue weighted by atomic mass is 10.1. The molecule has 0 bridgehead atoms. The minimum absolute atomic E-state index is 0.244. The van der Waals surface area contributed by atoms with Crippen LogP contribution in [-0.4, -0.2) is 19.9 Å². The van der Waals surface area contributed by atoms with Crippen molar-refractivity contribution in [3.63, 3.8) is 0 Å². The first-order valence-electron chi connectivity index (χ1n) is 7.84. The second-order valence-electron chi connectivity index (χ2n) is 5.70. The molecule has 3 aromatic heterocycles. The SMILES string of the molecule is Cc1ccc(Nc2nc3nccc(-c4cccnc4)c3c(=O)[nH]2)cc1. The van der Waals surface area contributed by atoms with Crippen LogP contribution in [0.3, 0.4) is 0 Å². The molecule has 0 radical (unpaired) electrons. The molecule has 4 rings (SSSR count). The third kappa shape index (κ3) is 2.97. The average Bonchev–Trinajstić information content (AvgIpc) is 2.64. The van der Waals surface area contributed by atoms with E-state index in [4.69, 9.17) is 0 Å². The van der Waals surface area contributed by atoms with Crippen LogP contribution in [0.15, 0.2) is 65.8 Å². The summed E-state index contributed by atoms with van der Waals surface area (Å²) in [5, 5.41) is 3.55. The van der Waals surface area contributed by atoms with Crippen molar-refractivity contribution in [2.24, 2.45) is 0 Å². The number of aryl methyl sites for hydroxylation is 1. The molecule has 0 aliphatic rings. The summed E-state index contributed by atoms with van der Waals surface area (Å²) in [5.74, 6) is 0.359. The van der Waals surface area contributed by atoms with Crippen LogP contribution in [0.2, 0.25) is 0 Å². The van der Waals surface area contributed by atoms with Gasteiger partial charge < -0.3 is 5.32 Å². The van der Waals surface area contributed by atoms with Crippen molar-refractivity contribution in [3.05, 3.63) is 77.0 Å². The molecule has 2 N–H and O–H groups in total. The van der Waals surface area contributed by atoms with Gasteiger partial charge in [0.25, 0.3) is 5.56 Å². The van der Waals surface area contributed by atoms with Gasteiger partial charge in [0.2, 0.25) is 5.95 Å². The van der Waals surface area contributed by atoms with Crippen LogP contribution in [0.1, 0.15) is 5.56 Å². The Bertz CT molecular complexity index is 1090. The predicted molar refractivity (Wildman–Crippen MR) is 97.9 cm³/mol. The quantitative estimate of drug-likeness (QED) is 0.601. The molecule has 0 saturated carbocycles. The van der Waals surface area contributed by atoms with Gasteiger partial charge in [-0.25, -0.2) is 4.98 Å². The number of benzene rings is 1. The van der Waals surface area contributed by atoms with E-state index >= 15 is 0 Å². The van der Waals surface area contributed by atoms with Crippen molar-refractivity contribution in [3.8, 4) is 11.1 Å². The third-order valence-electron chi connectivity index (χ3n) is 3.89. The number of anilines is 2. The number of hydrogen-bond acceptors (Lipinski definition) is 5. The van der Waals surface area contributed by atoms with Crippen molar-refractivity contribution >= 4 is 22.7 Å². The van der Waals surface area contributed by atoms with Crippen LogP contribution in [0.4, 0.5) is 11.6 Å². The zero-order valence-corrected chi connectivity index (χ0v) is 13.5. The summed E-state index contributed by atoms with van der Waals surface area (Å²) in [6.07, 6.45) is 5.05. The predicted octanol–water partition coefficient (Wildman–Crippen LogP) is 3.43. The molecule has 1 aromatic carbocycles. The monoisotopic (exact) mass is 329 g/mol. The number of fused-ring (bicyclic) bond motifs is 1. The van der Waals surface area contributed by atoms with E-state index < -0.39 is 0 Å². The maximum atomic E-state index is 12.6. The van der Waals surface area contributed by atoms with Crippen molar-refractivity contribution in [1.29, 1.82) is 0 Å². The summed E-state index contributed by atoms with van der Waals surface area (Å²) < 4.78 is 0. The Labute approximate surface area is 143 Å². The Morgan fingerprint density at radius 1 is 1.04 bits per heavy atom. The van der Waals surface area contributed by atoms with Gasteiger partial charge in [0, 0.05) is 35.4 Å². The third-order valence-corrected chi connectivity index (χ3v) is 3.89. The molecule has 6 nitrogen and oxygen atoms in total. The molecule has 0 unspecified atom stereocenters. The highest BCUT2D eigenvalue weighted by atomic mass is 16.1. The molecule has 0 spiro atoms. The molecule has 25 heavy (non-hydrogen) atoms. The van der Waals surface area contributed by atoms with Gasteiger partial charge in [0.05, 0.1) is 5.39 Å². The van der Waals surface area contributed by atoms with Gasteiger partial charge in [-0.1, -0.05) is 23.8 Å². The Morgan fingerprint density at radius 2 is 1.88 bits per heavy atom. The van der Waals surface area contributed by atoms with E-state index in [2.05, 4.69) is 25.3 Å². The number of aromatic nitrogens is 4. The van der Waals surface area contributed by atoms with Gasteiger partial charge in [0.1, 0.15) is 0 Å². The lowest BCUT2D eigenvalue weighted by Gasteiger charge is -2.08. The van der Waals surface area contributed by atoms with Gasteiger partial charge >= 0.3 is 0 Å².